The molecule has 0 fully saturated rings. The Hall–Kier alpha value is -0.800. The quantitative estimate of drug-likeness (QED) is 0.779. The molecule has 80 valence electrons. The van der Waals surface area contributed by atoms with Crippen LogP contribution < -0.4 is 5.32 Å². The molecule has 0 amide bonds. The van der Waals surface area contributed by atoms with Crippen LogP contribution in [0, 0.1) is 0 Å². The molecule has 0 aromatic carbocycles. The van der Waals surface area contributed by atoms with E-state index in [1.54, 1.807) is 6.26 Å². The molecule has 0 saturated carbocycles. The van der Waals surface area contributed by atoms with Crippen molar-refractivity contribution in [1.29, 1.82) is 0 Å². The number of nitrogens with one attached hydrogen (secondary N) is 1. The van der Waals surface area contributed by atoms with E-state index in [-0.39, 0.29) is 0 Å². The van der Waals surface area contributed by atoms with Crippen molar-refractivity contribution < 1.29 is 4.42 Å². The van der Waals surface area contributed by atoms with Gasteiger partial charge in [0.1, 0.15) is 5.76 Å². The Morgan fingerprint density at radius 1 is 1.43 bits per heavy atom. The van der Waals surface area contributed by atoms with Crippen molar-refractivity contribution in [3.63, 3.8) is 0 Å². The molecule has 0 bridgehead atoms. The van der Waals surface area contributed by atoms with Crippen LogP contribution in [0.3, 0.4) is 0 Å². The molecule has 1 rings (SSSR count). The summed E-state index contributed by atoms with van der Waals surface area (Å²) in [6, 6.07) is 2.53. The number of hydrogen-bond acceptors (Lipinski definition) is 3. The average molecular weight is 196 g/mol. The number of rotatable bonds is 5. The first kappa shape index (κ1) is 11.3. The molecule has 3 nitrogen and oxygen atoms in total. The molecule has 0 spiro atoms. The maximum Gasteiger partial charge on any atom is 0.122 e. The molecule has 0 aliphatic carbocycles. The van der Waals surface area contributed by atoms with Crippen molar-refractivity contribution in [1.82, 2.24) is 10.2 Å². The molecule has 0 radical (unpaired) electrons. The van der Waals surface area contributed by atoms with E-state index in [2.05, 4.69) is 38.2 Å². The summed E-state index contributed by atoms with van der Waals surface area (Å²) < 4.78 is 5.43. The van der Waals surface area contributed by atoms with Crippen molar-refractivity contribution in [2.45, 2.75) is 33.0 Å². The van der Waals surface area contributed by atoms with Gasteiger partial charge in [0.05, 0.1) is 12.8 Å². The van der Waals surface area contributed by atoms with Gasteiger partial charge in [-0.05, 0) is 20.2 Å². The largest absolute Gasteiger partial charge is 0.468 e. The molecule has 0 aliphatic rings. The highest BCUT2D eigenvalue weighted by Gasteiger charge is 2.07. The summed E-state index contributed by atoms with van der Waals surface area (Å²) in [6.45, 7) is 6.02. The van der Waals surface area contributed by atoms with Crippen molar-refractivity contribution in [3.8, 4) is 0 Å². The molecular formula is C11H20N2O. The van der Waals surface area contributed by atoms with Gasteiger partial charge in [0, 0.05) is 18.2 Å². The van der Waals surface area contributed by atoms with Gasteiger partial charge in [0.25, 0.3) is 0 Å². The number of nitrogens with zero attached hydrogens (tertiary/aromatic N) is 1. The van der Waals surface area contributed by atoms with Gasteiger partial charge in [0.15, 0.2) is 0 Å². The topological polar surface area (TPSA) is 28.4 Å². The van der Waals surface area contributed by atoms with E-state index in [4.69, 9.17) is 4.42 Å². The Balaban J connectivity index is 2.53. The summed E-state index contributed by atoms with van der Waals surface area (Å²) in [5.41, 5.74) is 1.27. The first-order valence-electron chi connectivity index (χ1n) is 5.03. The van der Waals surface area contributed by atoms with Gasteiger partial charge in [-0.3, -0.25) is 0 Å². The van der Waals surface area contributed by atoms with Gasteiger partial charge in [0.2, 0.25) is 0 Å². The normalized spacial score (nSPS) is 11.6. The summed E-state index contributed by atoms with van der Waals surface area (Å²) in [7, 11) is 4.12. The first-order valence-corrected chi connectivity index (χ1v) is 5.03. The summed E-state index contributed by atoms with van der Waals surface area (Å²) >= 11 is 0. The van der Waals surface area contributed by atoms with Crippen LogP contribution in [0.15, 0.2) is 16.7 Å². The third-order valence-electron chi connectivity index (χ3n) is 2.00. The van der Waals surface area contributed by atoms with E-state index in [0.717, 1.165) is 18.8 Å². The minimum Gasteiger partial charge on any atom is -0.468 e. The Labute approximate surface area is 86.1 Å². The Kier molecular flexibility index (Phi) is 4.17. The van der Waals surface area contributed by atoms with Crippen LogP contribution in [0.1, 0.15) is 25.2 Å². The lowest BCUT2D eigenvalue weighted by molar-refractivity contribution is 0.389. The van der Waals surface area contributed by atoms with E-state index in [9.17, 15) is 0 Å². The van der Waals surface area contributed by atoms with E-state index in [1.807, 2.05) is 6.07 Å². The average Bonchev–Trinajstić information content (AvgIpc) is 2.47. The zero-order chi connectivity index (χ0) is 10.6. The van der Waals surface area contributed by atoms with E-state index < -0.39 is 0 Å². The summed E-state index contributed by atoms with van der Waals surface area (Å²) in [6.07, 6.45) is 1.76. The van der Waals surface area contributed by atoms with Gasteiger partial charge >= 0.3 is 0 Å². The highest BCUT2D eigenvalue weighted by molar-refractivity contribution is 5.16. The molecule has 1 N–H and O–H groups in total. The summed E-state index contributed by atoms with van der Waals surface area (Å²) in [5.74, 6) is 1.05. The van der Waals surface area contributed by atoms with Gasteiger partial charge < -0.3 is 14.6 Å². The third kappa shape index (κ3) is 3.52. The second-order valence-electron chi connectivity index (χ2n) is 4.14. The second kappa shape index (κ2) is 5.17. The van der Waals surface area contributed by atoms with Crippen LogP contribution in [0.4, 0.5) is 0 Å². The third-order valence-corrected chi connectivity index (χ3v) is 2.00. The minimum atomic E-state index is 0.493. The van der Waals surface area contributed by atoms with Crippen LogP contribution in [0.2, 0.25) is 0 Å². The van der Waals surface area contributed by atoms with Gasteiger partial charge in [-0.25, -0.2) is 0 Å². The SMILES string of the molecule is CC(C)NCc1occc1CN(C)C. The molecule has 14 heavy (non-hydrogen) atoms. The van der Waals surface area contributed by atoms with Gasteiger partial charge in [-0.2, -0.15) is 0 Å². The predicted octanol–water partition coefficient (Wildman–Crippen LogP) is 1.84. The van der Waals surface area contributed by atoms with E-state index >= 15 is 0 Å². The molecule has 1 aromatic heterocycles. The molecular weight excluding hydrogens is 176 g/mol. The zero-order valence-electron chi connectivity index (χ0n) is 9.50. The number of hydrogen-bond donors (Lipinski definition) is 1. The molecule has 0 atom stereocenters. The van der Waals surface area contributed by atoms with Crippen LogP contribution in [-0.2, 0) is 13.1 Å². The molecule has 0 aliphatic heterocycles. The monoisotopic (exact) mass is 196 g/mol. The van der Waals surface area contributed by atoms with Crippen molar-refractivity contribution in [2.75, 3.05) is 14.1 Å². The Morgan fingerprint density at radius 3 is 2.71 bits per heavy atom. The van der Waals surface area contributed by atoms with E-state index in [0.29, 0.717) is 6.04 Å². The van der Waals surface area contributed by atoms with Crippen LogP contribution in [0.25, 0.3) is 0 Å². The maximum atomic E-state index is 5.43. The van der Waals surface area contributed by atoms with Crippen LogP contribution in [-0.4, -0.2) is 25.0 Å². The maximum absolute atomic E-state index is 5.43. The molecule has 3 heteroatoms. The van der Waals surface area contributed by atoms with E-state index in [1.165, 1.54) is 5.56 Å². The summed E-state index contributed by atoms with van der Waals surface area (Å²) in [4.78, 5) is 2.14. The van der Waals surface area contributed by atoms with Crippen molar-refractivity contribution >= 4 is 0 Å². The zero-order valence-corrected chi connectivity index (χ0v) is 9.50. The highest BCUT2D eigenvalue weighted by Crippen LogP contribution is 2.11. The van der Waals surface area contributed by atoms with Crippen molar-refractivity contribution in [3.05, 3.63) is 23.7 Å². The van der Waals surface area contributed by atoms with Crippen LogP contribution in [0.5, 0.6) is 0 Å². The Morgan fingerprint density at radius 2 is 2.14 bits per heavy atom. The lowest BCUT2D eigenvalue weighted by Crippen LogP contribution is -2.22. The fourth-order valence-electron chi connectivity index (χ4n) is 1.30. The molecule has 0 unspecified atom stereocenters. The molecule has 1 heterocycles. The Bertz CT molecular complexity index is 266. The lowest BCUT2D eigenvalue weighted by Gasteiger charge is -2.11. The first-order chi connectivity index (χ1) is 6.59. The van der Waals surface area contributed by atoms with Gasteiger partial charge in [-0.1, -0.05) is 13.8 Å². The molecule has 0 saturated heterocycles. The summed E-state index contributed by atoms with van der Waals surface area (Å²) in [5, 5.41) is 3.35. The smallest absolute Gasteiger partial charge is 0.122 e. The fraction of sp³-hybridized carbons (Fsp3) is 0.636. The minimum absolute atomic E-state index is 0.493. The lowest BCUT2D eigenvalue weighted by atomic mass is 10.2. The highest BCUT2D eigenvalue weighted by atomic mass is 16.3. The number of furan rings is 1. The van der Waals surface area contributed by atoms with Crippen LogP contribution >= 0.6 is 0 Å². The van der Waals surface area contributed by atoms with Gasteiger partial charge in [-0.15, -0.1) is 0 Å². The fourth-order valence-corrected chi connectivity index (χ4v) is 1.30. The molecule has 1 aromatic rings. The predicted molar refractivity (Wildman–Crippen MR) is 58.1 cm³/mol. The van der Waals surface area contributed by atoms with Crippen molar-refractivity contribution in [2.24, 2.45) is 0 Å². The standard InChI is InChI=1S/C11H20N2O/c1-9(2)12-7-11-10(5-6-14-11)8-13(3)4/h5-6,9,12H,7-8H2,1-4H3. The second-order valence-corrected chi connectivity index (χ2v) is 4.14.